The maximum absolute atomic E-state index is 10.3. The van der Waals surface area contributed by atoms with Gasteiger partial charge < -0.3 is 10.2 Å². The fraction of sp³-hybridized carbons (Fsp3) is 0.200. The Bertz CT molecular complexity index is 305. The van der Waals surface area contributed by atoms with Crippen molar-refractivity contribution in [3.05, 3.63) is 35.4 Å². The van der Waals surface area contributed by atoms with Crippen LogP contribution in [-0.4, -0.2) is 22.2 Å². The molecule has 4 heteroatoms. The van der Waals surface area contributed by atoms with Crippen LogP contribution in [0.4, 0.5) is 0 Å². The highest BCUT2D eigenvalue weighted by Gasteiger charge is 2.02. The van der Waals surface area contributed by atoms with Gasteiger partial charge in [-0.2, -0.15) is 0 Å². The average Bonchev–Trinajstić information content (AvgIpc) is 2.06. The molecule has 14 heavy (non-hydrogen) atoms. The van der Waals surface area contributed by atoms with Gasteiger partial charge in [0.05, 0.1) is 12.8 Å². The third-order valence-electron chi connectivity index (χ3n) is 1.64. The van der Waals surface area contributed by atoms with Crippen LogP contribution in [0.15, 0.2) is 18.2 Å². The highest BCUT2D eigenvalue weighted by molar-refractivity contribution is 5.71. The van der Waals surface area contributed by atoms with E-state index in [2.05, 4.69) is 6.07 Å². The Balaban J connectivity index is 2.68. The van der Waals surface area contributed by atoms with Crippen molar-refractivity contribution in [1.29, 1.82) is 0 Å². The SMILES string of the molecule is O=C(O)Cc1[c]cc(CC(=O)O)cc1. The molecule has 0 spiro atoms. The van der Waals surface area contributed by atoms with Crippen LogP contribution in [0.5, 0.6) is 0 Å². The number of carboxylic acids is 2. The Hall–Kier alpha value is -1.84. The van der Waals surface area contributed by atoms with E-state index in [0.29, 0.717) is 11.1 Å². The first-order chi connectivity index (χ1) is 6.58. The maximum atomic E-state index is 10.3. The predicted molar refractivity (Wildman–Crippen MR) is 48.0 cm³/mol. The monoisotopic (exact) mass is 193 g/mol. The van der Waals surface area contributed by atoms with Gasteiger partial charge in [0.1, 0.15) is 0 Å². The molecule has 0 fully saturated rings. The lowest BCUT2D eigenvalue weighted by atomic mass is 10.1. The average molecular weight is 193 g/mol. The molecule has 0 aliphatic heterocycles. The van der Waals surface area contributed by atoms with Crippen LogP contribution in [0, 0.1) is 6.07 Å². The van der Waals surface area contributed by atoms with Crippen molar-refractivity contribution >= 4 is 11.9 Å². The summed E-state index contributed by atoms with van der Waals surface area (Å²) in [4.78, 5) is 20.6. The van der Waals surface area contributed by atoms with Crippen LogP contribution in [0.2, 0.25) is 0 Å². The minimum Gasteiger partial charge on any atom is -0.481 e. The first-order valence-corrected chi connectivity index (χ1v) is 4.01. The Kier molecular flexibility index (Phi) is 3.23. The van der Waals surface area contributed by atoms with E-state index in [4.69, 9.17) is 10.2 Å². The first-order valence-electron chi connectivity index (χ1n) is 4.01. The molecule has 0 saturated heterocycles. The molecule has 0 aliphatic rings. The van der Waals surface area contributed by atoms with Gasteiger partial charge in [-0.25, -0.2) is 0 Å². The zero-order valence-corrected chi connectivity index (χ0v) is 7.36. The molecule has 0 aromatic heterocycles. The summed E-state index contributed by atoms with van der Waals surface area (Å²) in [6.45, 7) is 0. The molecule has 73 valence electrons. The normalized spacial score (nSPS) is 9.71. The number of benzene rings is 1. The van der Waals surface area contributed by atoms with Crippen molar-refractivity contribution in [2.45, 2.75) is 12.8 Å². The Morgan fingerprint density at radius 1 is 1.14 bits per heavy atom. The molecule has 0 unspecified atom stereocenters. The lowest BCUT2D eigenvalue weighted by Gasteiger charge is -1.98. The first kappa shape index (κ1) is 10.2. The van der Waals surface area contributed by atoms with E-state index in [9.17, 15) is 9.59 Å². The lowest BCUT2D eigenvalue weighted by Crippen LogP contribution is -2.02. The van der Waals surface area contributed by atoms with Gasteiger partial charge in [-0.15, -0.1) is 0 Å². The Morgan fingerprint density at radius 2 is 1.79 bits per heavy atom. The van der Waals surface area contributed by atoms with Gasteiger partial charge in [0, 0.05) is 0 Å². The summed E-state index contributed by atoms with van der Waals surface area (Å²) in [6, 6.07) is 7.41. The number of carbonyl (C=O) groups is 2. The molecule has 1 aromatic carbocycles. The fourth-order valence-electron chi connectivity index (χ4n) is 1.05. The number of hydrogen-bond donors (Lipinski definition) is 2. The second-order valence-electron chi connectivity index (χ2n) is 2.86. The standard InChI is InChI=1S/C10H9O4/c11-9(12)5-7-1-2-8(4-3-7)6-10(13)14/h1-3H,5-6H2,(H,11,12)(H,13,14). The molecule has 0 heterocycles. The van der Waals surface area contributed by atoms with Gasteiger partial charge in [-0.1, -0.05) is 18.2 Å². The lowest BCUT2D eigenvalue weighted by molar-refractivity contribution is -0.137. The second-order valence-corrected chi connectivity index (χ2v) is 2.86. The molecular weight excluding hydrogens is 184 g/mol. The number of aliphatic carboxylic acids is 2. The quantitative estimate of drug-likeness (QED) is 0.739. The summed E-state index contributed by atoms with van der Waals surface area (Å²) in [6.07, 6.45) is -0.156. The molecule has 0 saturated carbocycles. The van der Waals surface area contributed by atoms with Gasteiger partial charge in [-0.3, -0.25) is 9.59 Å². The predicted octanol–water partition coefficient (Wildman–Crippen LogP) is 0.741. The Morgan fingerprint density at radius 3 is 2.21 bits per heavy atom. The van der Waals surface area contributed by atoms with E-state index in [-0.39, 0.29) is 12.8 Å². The van der Waals surface area contributed by atoms with Crippen LogP contribution in [0.3, 0.4) is 0 Å². The zero-order chi connectivity index (χ0) is 10.6. The second kappa shape index (κ2) is 4.41. The van der Waals surface area contributed by atoms with Gasteiger partial charge in [0.2, 0.25) is 0 Å². The molecule has 0 aliphatic carbocycles. The van der Waals surface area contributed by atoms with E-state index in [1.54, 1.807) is 12.1 Å². The van der Waals surface area contributed by atoms with E-state index in [1.165, 1.54) is 6.07 Å². The minimum absolute atomic E-state index is 0.0656. The van der Waals surface area contributed by atoms with Crippen molar-refractivity contribution in [2.24, 2.45) is 0 Å². The molecule has 1 radical (unpaired) electrons. The third kappa shape index (κ3) is 3.26. The Labute approximate surface area is 80.8 Å². The highest BCUT2D eigenvalue weighted by Crippen LogP contribution is 2.05. The van der Waals surface area contributed by atoms with Crippen LogP contribution in [0.1, 0.15) is 11.1 Å². The molecule has 2 N–H and O–H groups in total. The summed E-state index contributed by atoms with van der Waals surface area (Å²) in [7, 11) is 0. The number of rotatable bonds is 4. The molecule has 0 amide bonds. The largest absolute Gasteiger partial charge is 0.481 e. The van der Waals surface area contributed by atoms with Crippen molar-refractivity contribution in [2.75, 3.05) is 0 Å². The smallest absolute Gasteiger partial charge is 0.307 e. The van der Waals surface area contributed by atoms with Crippen molar-refractivity contribution in [3.63, 3.8) is 0 Å². The summed E-state index contributed by atoms with van der Waals surface area (Å²) in [5.41, 5.74) is 1.17. The topological polar surface area (TPSA) is 74.6 Å². The van der Waals surface area contributed by atoms with Crippen LogP contribution < -0.4 is 0 Å². The summed E-state index contributed by atoms with van der Waals surface area (Å²) in [5, 5.41) is 16.9. The van der Waals surface area contributed by atoms with Crippen LogP contribution >= 0.6 is 0 Å². The van der Waals surface area contributed by atoms with Gasteiger partial charge in [-0.05, 0) is 17.2 Å². The molecular formula is C10H9O4. The van der Waals surface area contributed by atoms with Gasteiger partial charge in [0.25, 0.3) is 0 Å². The fourth-order valence-corrected chi connectivity index (χ4v) is 1.05. The molecule has 1 aromatic rings. The summed E-state index contributed by atoms with van der Waals surface area (Å²) >= 11 is 0. The minimum atomic E-state index is -0.924. The van der Waals surface area contributed by atoms with E-state index >= 15 is 0 Å². The molecule has 4 nitrogen and oxygen atoms in total. The number of carboxylic acid groups (broad SMARTS) is 2. The van der Waals surface area contributed by atoms with Crippen molar-refractivity contribution in [3.8, 4) is 0 Å². The third-order valence-corrected chi connectivity index (χ3v) is 1.64. The maximum Gasteiger partial charge on any atom is 0.307 e. The van der Waals surface area contributed by atoms with Crippen molar-refractivity contribution in [1.82, 2.24) is 0 Å². The van der Waals surface area contributed by atoms with Gasteiger partial charge >= 0.3 is 11.9 Å². The highest BCUT2D eigenvalue weighted by atomic mass is 16.4. The zero-order valence-electron chi connectivity index (χ0n) is 7.36. The van der Waals surface area contributed by atoms with Crippen LogP contribution in [0.25, 0.3) is 0 Å². The van der Waals surface area contributed by atoms with Crippen LogP contribution in [-0.2, 0) is 22.4 Å². The summed E-state index contributed by atoms with van der Waals surface area (Å²) < 4.78 is 0. The molecule has 0 atom stereocenters. The van der Waals surface area contributed by atoms with Gasteiger partial charge in [0.15, 0.2) is 0 Å². The van der Waals surface area contributed by atoms with E-state index in [0.717, 1.165) is 0 Å². The van der Waals surface area contributed by atoms with E-state index in [1.807, 2.05) is 0 Å². The van der Waals surface area contributed by atoms with Crippen molar-refractivity contribution < 1.29 is 19.8 Å². The summed E-state index contributed by atoms with van der Waals surface area (Å²) in [5.74, 6) is -1.84. The molecule has 0 bridgehead atoms. The number of hydrogen-bond acceptors (Lipinski definition) is 2. The molecule has 1 rings (SSSR count). The van der Waals surface area contributed by atoms with E-state index < -0.39 is 11.9 Å².